The number of benzene rings is 1. The second kappa shape index (κ2) is 5.79. The van der Waals surface area contributed by atoms with Gasteiger partial charge >= 0.3 is 0 Å². The topological polar surface area (TPSA) is 40.9 Å². The zero-order valence-electron chi connectivity index (χ0n) is 12.9. The van der Waals surface area contributed by atoms with Gasteiger partial charge in [-0.25, -0.2) is 9.52 Å². The van der Waals surface area contributed by atoms with E-state index in [0.717, 1.165) is 22.1 Å². The molecule has 24 heavy (non-hydrogen) atoms. The van der Waals surface area contributed by atoms with Crippen molar-refractivity contribution in [1.29, 1.82) is 0 Å². The first-order valence-corrected chi connectivity index (χ1v) is 8.69. The third kappa shape index (κ3) is 2.56. The van der Waals surface area contributed by atoms with Crippen molar-refractivity contribution in [3.8, 4) is 0 Å². The largest absolute Gasteiger partial charge is 0.292 e. The summed E-state index contributed by atoms with van der Waals surface area (Å²) in [4.78, 5) is 12.9. The van der Waals surface area contributed by atoms with E-state index >= 15 is 0 Å². The van der Waals surface area contributed by atoms with Crippen LogP contribution >= 0.6 is 27.5 Å². The lowest BCUT2D eigenvalue weighted by Gasteiger charge is -2.38. The Hall–Kier alpha value is -2.05. The van der Waals surface area contributed by atoms with Crippen molar-refractivity contribution in [3.63, 3.8) is 0 Å². The summed E-state index contributed by atoms with van der Waals surface area (Å²) in [5.74, 6) is -0.122. The molecule has 1 amide bonds. The molecule has 4 rings (SSSR count). The minimum atomic E-state index is -0.122. The zero-order valence-corrected chi connectivity index (χ0v) is 15.3. The van der Waals surface area contributed by atoms with E-state index in [9.17, 15) is 4.79 Å². The van der Waals surface area contributed by atoms with Crippen molar-refractivity contribution in [2.24, 2.45) is 0 Å². The molecule has 3 heterocycles. The van der Waals surface area contributed by atoms with Crippen molar-refractivity contribution < 1.29 is 4.79 Å². The van der Waals surface area contributed by atoms with Crippen molar-refractivity contribution in [2.75, 3.05) is 18.6 Å². The van der Waals surface area contributed by atoms with E-state index in [1.54, 1.807) is 27.9 Å². The van der Waals surface area contributed by atoms with Gasteiger partial charge in [0, 0.05) is 24.3 Å². The maximum Gasteiger partial charge on any atom is 0.292 e. The van der Waals surface area contributed by atoms with Crippen LogP contribution in [-0.4, -0.2) is 34.1 Å². The third-order valence-corrected chi connectivity index (χ3v) is 4.94. The Morgan fingerprint density at radius 3 is 2.92 bits per heavy atom. The first-order chi connectivity index (χ1) is 11.5. The van der Waals surface area contributed by atoms with Crippen LogP contribution in [0.25, 0.3) is 5.52 Å². The molecule has 0 radical (unpaired) electrons. The molecule has 0 N–H and O–H groups in total. The number of aromatic nitrogens is 2. The van der Waals surface area contributed by atoms with Crippen LogP contribution < -0.4 is 5.01 Å². The fraction of sp³-hybridized carbons (Fsp3) is 0.176. The van der Waals surface area contributed by atoms with Gasteiger partial charge in [-0.15, -0.1) is 0 Å². The molecular weight excluding hydrogens is 392 g/mol. The number of amides is 1. The molecule has 7 heteroatoms. The van der Waals surface area contributed by atoms with Gasteiger partial charge in [-0.05, 0) is 42.3 Å². The molecule has 0 atom stereocenters. The molecule has 0 saturated heterocycles. The van der Waals surface area contributed by atoms with Gasteiger partial charge < -0.3 is 0 Å². The normalized spacial score (nSPS) is 14.1. The van der Waals surface area contributed by atoms with Crippen molar-refractivity contribution >= 4 is 44.6 Å². The van der Waals surface area contributed by atoms with Gasteiger partial charge in [-0.2, -0.15) is 5.10 Å². The SMILES string of the molecule is CN1c2cc(Br)ccc2CCN1C(=O)c1cc2ccc(Cl)cn2n1. The Balaban J connectivity index is 1.68. The van der Waals surface area contributed by atoms with E-state index in [4.69, 9.17) is 11.6 Å². The Morgan fingerprint density at radius 1 is 1.25 bits per heavy atom. The number of anilines is 1. The van der Waals surface area contributed by atoms with Gasteiger partial charge in [0.2, 0.25) is 0 Å². The fourth-order valence-electron chi connectivity index (χ4n) is 2.99. The highest BCUT2D eigenvalue weighted by Gasteiger charge is 2.28. The Kier molecular flexibility index (Phi) is 3.73. The molecule has 3 aromatic rings. The number of rotatable bonds is 1. The predicted molar refractivity (Wildman–Crippen MR) is 97.5 cm³/mol. The minimum absolute atomic E-state index is 0.122. The van der Waals surface area contributed by atoms with Crippen LogP contribution in [0.15, 0.2) is 47.1 Å². The van der Waals surface area contributed by atoms with Gasteiger partial charge in [0.25, 0.3) is 5.91 Å². The van der Waals surface area contributed by atoms with E-state index in [1.165, 1.54) is 5.56 Å². The van der Waals surface area contributed by atoms with E-state index < -0.39 is 0 Å². The van der Waals surface area contributed by atoms with Crippen LogP contribution in [0, 0.1) is 0 Å². The molecule has 1 aliphatic rings. The molecule has 122 valence electrons. The number of fused-ring (bicyclic) bond motifs is 2. The number of nitrogens with zero attached hydrogens (tertiary/aromatic N) is 4. The molecule has 1 aliphatic heterocycles. The monoisotopic (exact) mass is 404 g/mol. The van der Waals surface area contributed by atoms with Crippen LogP contribution in [0.3, 0.4) is 0 Å². The summed E-state index contributed by atoms with van der Waals surface area (Å²) in [7, 11) is 1.90. The average Bonchev–Trinajstić information content (AvgIpc) is 2.98. The number of pyridine rings is 1. The standard InChI is InChI=1S/C17H14BrClN4O/c1-21-16-8-12(18)3-2-11(16)6-7-23(21)17(24)15-9-14-5-4-13(19)10-22(14)20-15/h2-5,8-10H,6-7H2,1H3. The van der Waals surface area contributed by atoms with Crippen molar-refractivity contribution in [1.82, 2.24) is 14.6 Å². The summed E-state index contributed by atoms with van der Waals surface area (Å²) < 4.78 is 2.62. The lowest BCUT2D eigenvalue weighted by Crippen LogP contribution is -2.48. The molecular formula is C17H14BrClN4O. The van der Waals surface area contributed by atoms with Gasteiger partial charge in [-0.3, -0.25) is 9.80 Å². The molecule has 5 nitrogen and oxygen atoms in total. The van der Waals surface area contributed by atoms with E-state index in [-0.39, 0.29) is 5.91 Å². The smallest absolute Gasteiger partial charge is 0.285 e. The van der Waals surface area contributed by atoms with Crippen LogP contribution in [0.4, 0.5) is 5.69 Å². The van der Waals surface area contributed by atoms with Gasteiger partial charge in [-0.1, -0.05) is 33.6 Å². The zero-order chi connectivity index (χ0) is 16.8. The summed E-state index contributed by atoms with van der Waals surface area (Å²) in [6.07, 6.45) is 2.51. The third-order valence-electron chi connectivity index (χ3n) is 4.23. The van der Waals surface area contributed by atoms with E-state index in [0.29, 0.717) is 17.3 Å². The lowest BCUT2D eigenvalue weighted by molar-refractivity contribution is 0.0732. The van der Waals surface area contributed by atoms with Gasteiger partial charge in [0.15, 0.2) is 5.69 Å². The summed E-state index contributed by atoms with van der Waals surface area (Å²) in [6, 6.07) is 11.5. The number of halogens is 2. The maximum atomic E-state index is 12.9. The Labute approximate surface area is 152 Å². The highest BCUT2D eigenvalue weighted by Crippen LogP contribution is 2.30. The first kappa shape index (κ1) is 15.5. The lowest BCUT2D eigenvalue weighted by atomic mass is 10.1. The number of carbonyl (C=O) groups is 1. The molecule has 0 unspecified atom stereocenters. The molecule has 2 aromatic heterocycles. The molecule has 0 bridgehead atoms. The molecule has 0 spiro atoms. The second-order valence-corrected chi connectivity index (χ2v) is 7.07. The van der Waals surface area contributed by atoms with Gasteiger partial charge in [0.1, 0.15) is 0 Å². The maximum absolute atomic E-state index is 12.9. The Morgan fingerprint density at radius 2 is 2.08 bits per heavy atom. The molecule has 0 aliphatic carbocycles. The minimum Gasteiger partial charge on any atom is -0.285 e. The summed E-state index contributed by atoms with van der Waals surface area (Å²) in [6.45, 7) is 0.624. The summed E-state index contributed by atoms with van der Waals surface area (Å²) in [5, 5.41) is 8.56. The van der Waals surface area contributed by atoms with E-state index in [1.807, 2.05) is 30.3 Å². The quantitative estimate of drug-likeness (QED) is 0.618. The van der Waals surface area contributed by atoms with Crippen LogP contribution in [0.2, 0.25) is 5.02 Å². The summed E-state index contributed by atoms with van der Waals surface area (Å²) >= 11 is 9.47. The van der Waals surface area contributed by atoms with E-state index in [2.05, 4.69) is 27.1 Å². The van der Waals surface area contributed by atoms with Crippen molar-refractivity contribution in [3.05, 3.63) is 63.3 Å². The second-order valence-electron chi connectivity index (χ2n) is 5.72. The molecule has 0 fully saturated rings. The van der Waals surface area contributed by atoms with Gasteiger partial charge in [0.05, 0.1) is 16.2 Å². The van der Waals surface area contributed by atoms with Crippen molar-refractivity contribution in [2.45, 2.75) is 6.42 Å². The number of hydrogen-bond donors (Lipinski definition) is 0. The highest BCUT2D eigenvalue weighted by molar-refractivity contribution is 9.10. The average molecular weight is 406 g/mol. The van der Waals surface area contributed by atoms with Crippen LogP contribution in [-0.2, 0) is 6.42 Å². The first-order valence-electron chi connectivity index (χ1n) is 7.52. The molecule has 1 aromatic carbocycles. The Bertz CT molecular complexity index is 955. The summed E-state index contributed by atoms with van der Waals surface area (Å²) in [5.41, 5.74) is 3.50. The van der Waals surface area contributed by atoms with Crippen LogP contribution in [0.5, 0.6) is 0 Å². The number of carbonyl (C=O) groups excluding carboxylic acids is 1. The molecule has 0 saturated carbocycles. The number of hydrogen-bond acceptors (Lipinski definition) is 3. The fourth-order valence-corrected chi connectivity index (χ4v) is 3.50. The number of hydrazine groups is 1. The van der Waals surface area contributed by atoms with Crippen LogP contribution in [0.1, 0.15) is 16.1 Å². The highest BCUT2D eigenvalue weighted by atomic mass is 79.9. The predicted octanol–water partition coefficient (Wildman–Crippen LogP) is 3.80.